The molecule has 0 saturated heterocycles. The Bertz CT molecular complexity index is 1910. The molecule has 0 fully saturated rings. The number of nitrogens with zero attached hydrogens (tertiary/aromatic N) is 3. The van der Waals surface area contributed by atoms with Crippen molar-refractivity contribution in [1.29, 1.82) is 0 Å². The van der Waals surface area contributed by atoms with E-state index in [1.807, 2.05) is 66.7 Å². The number of rotatable bonds is 6. The Kier molecular flexibility index (Phi) is 6.89. The molecule has 0 aliphatic heterocycles. The van der Waals surface area contributed by atoms with Crippen molar-refractivity contribution in [3.05, 3.63) is 164 Å². The summed E-state index contributed by atoms with van der Waals surface area (Å²) in [5.74, 6) is 1.96. The van der Waals surface area contributed by atoms with Crippen LogP contribution >= 0.6 is 0 Å². The molecular weight excluding hydrogens is 510 g/mol. The van der Waals surface area contributed by atoms with Gasteiger partial charge in [0.05, 0.1) is 0 Å². The summed E-state index contributed by atoms with van der Waals surface area (Å²) in [6, 6.07) is 56.5. The predicted molar refractivity (Wildman–Crippen MR) is 172 cm³/mol. The highest BCUT2D eigenvalue weighted by Crippen LogP contribution is 2.32. The minimum Gasteiger partial charge on any atom is -0.208 e. The van der Waals surface area contributed by atoms with E-state index in [0.717, 1.165) is 27.8 Å². The first-order chi connectivity index (χ1) is 20.8. The molecule has 1 heterocycles. The standard InChI is InChI=1S/C39H27N3/c1-4-13-28(14-5-1)31-19-10-20-32(25-31)33-21-11-22-34(26-33)35-23-12-24-36(27-35)39-41-37(29-15-6-2-7-16-29)40-38(42-39)30-17-8-3-9-18-30/h1-27H. The number of benzene rings is 6. The van der Waals surface area contributed by atoms with E-state index in [2.05, 4.69) is 97.1 Å². The first-order valence-electron chi connectivity index (χ1n) is 14.0. The summed E-state index contributed by atoms with van der Waals surface area (Å²) in [4.78, 5) is 14.7. The van der Waals surface area contributed by atoms with Crippen molar-refractivity contribution >= 4 is 0 Å². The summed E-state index contributed by atoms with van der Waals surface area (Å²) < 4.78 is 0. The molecule has 0 amide bonds. The molecule has 0 aliphatic carbocycles. The molecule has 1 aromatic heterocycles. The SMILES string of the molecule is c1ccc(-c2cccc(-c3cccc(-c4cccc(-c5nc(-c6ccccc6)nc(-c6ccccc6)n5)c4)c3)c2)cc1. The molecule has 3 nitrogen and oxygen atoms in total. The lowest BCUT2D eigenvalue weighted by Crippen LogP contribution is -2.00. The zero-order chi connectivity index (χ0) is 28.1. The molecule has 198 valence electrons. The highest BCUT2D eigenvalue weighted by atomic mass is 15.0. The molecule has 6 aromatic carbocycles. The monoisotopic (exact) mass is 537 g/mol. The zero-order valence-electron chi connectivity index (χ0n) is 22.9. The Labute approximate surface area is 245 Å². The van der Waals surface area contributed by atoms with E-state index in [9.17, 15) is 0 Å². The summed E-state index contributed by atoms with van der Waals surface area (Å²) in [7, 11) is 0. The molecule has 7 aromatic rings. The van der Waals surface area contributed by atoms with Crippen molar-refractivity contribution in [3.63, 3.8) is 0 Å². The van der Waals surface area contributed by atoms with Crippen LogP contribution in [0.4, 0.5) is 0 Å². The average molecular weight is 538 g/mol. The molecular formula is C39H27N3. The maximum atomic E-state index is 4.92. The molecule has 7 rings (SSSR count). The highest BCUT2D eigenvalue weighted by molar-refractivity contribution is 5.78. The van der Waals surface area contributed by atoms with E-state index in [1.165, 1.54) is 22.3 Å². The third kappa shape index (κ3) is 5.36. The van der Waals surface area contributed by atoms with E-state index in [0.29, 0.717) is 17.5 Å². The second-order valence-corrected chi connectivity index (χ2v) is 10.1. The first kappa shape index (κ1) is 25.3. The van der Waals surface area contributed by atoms with Crippen LogP contribution in [-0.2, 0) is 0 Å². The maximum absolute atomic E-state index is 4.92. The normalized spacial score (nSPS) is 10.9. The van der Waals surface area contributed by atoms with Crippen LogP contribution in [0.5, 0.6) is 0 Å². The molecule has 0 aliphatic rings. The predicted octanol–water partition coefficient (Wildman–Crippen LogP) is 9.87. The Balaban J connectivity index is 1.28. The lowest BCUT2D eigenvalue weighted by atomic mass is 9.95. The molecule has 0 unspecified atom stereocenters. The van der Waals surface area contributed by atoms with Crippen LogP contribution < -0.4 is 0 Å². The van der Waals surface area contributed by atoms with Gasteiger partial charge in [-0.15, -0.1) is 0 Å². The van der Waals surface area contributed by atoms with Gasteiger partial charge in [-0.1, -0.05) is 146 Å². The fraction of sp³-hybridized carbons (Fsp3) is 0. The molecule has 0 radical (unpaired) electrons. The number of hydrogen-bond acceptors (Lipinski definition) is 3. The summed E-state index contributed by atoms with van der Waals surface area (Å²) >= 11 is 0. The minimum atomic E-state index is 0.649. The Morgan fingerprint density at radius 3 is 0.881 bits per heavy atom. The summed E-state index contributed by atoms with van der Waals surface area (Å²) in [6.45, 7) is 0. The Hall–Kier alpha value is -5.67. The minimum absolute atomic E-state index is 0.649. The second-order valence-electron chi connectivity index (χ2n) is 10.1. The fourth-order valence-corrected chi connectivity index (χ4v) is 5.16. The quantitative estimate of drug-likeness (QED) is 0.212. The van der Waals surface area contributed by atoms with Crippen LogP contribution in [0.2, 0.25) is 0 Å². The number of hydrogen-bond donors (Lipinski definition) is 0. The third-order valence-corrected chi connectivity index (χ3v) is 7.32. The zero-order valence-corrected chi connectivity index (χ0v) is 22.9. The second kappa shape index (κ2) is 11.4. The van der Waals surface area contributed by atoms with E-state index >= 15 is 0 Å². The van der Waals surface area contributed by atoms with Crippen molar-refractivity contribution in [2.24, 2.45) is 0 Å². The molecule has 3 heteroatoms. The van der Waals surface area contributed by atoms with Crippen LogP contribution in [0.1, 0.15) is 0 Å². The highest BCUT2D eigenvalue weighted by Gasteiger charge is 2.13. The summed E-state index contributed by atoms with van der Waals surface area (Å²) in [6.07, 6.45) is 0. The fourth-order valence-electron chi connectivity index (χ4n) is 5.16. The molecule has 0 N–H and O–H groups in total. The van der Waals surface area contributed by atoms with Gasteiger partial charge < -0.3 is 0 Å². The molecule has 0 atom stereocenters. The van der Waals surface area contributed by atoms with Gasteiger partial charge in [-0.3, -0.25) is 0 Å². The van der Waals surface area contributed by atoms with Crippen LogP contribution in [0.15, 0.2) is 164 Å². The van der Waals surface area contributed by atoms with Gasteiger partial charge in [-0.25, -0.2) is 15.0 Å². The van der Waals surface area contributed by atoms with Gasteiger partial charge in [-0.2, -0.15) is 0 Å². The number of aromatic nitrogens is 3. The van der Waals surface area contributed by atoms with Crippen LogP contribution in [0, 0.1) is 0 Å². The van der Waals surface area contributed by atoms with E-state index in [-0.39, 0.29) is 0 Å². The molecule has 0 saturated carbocycles. The van der Waals surface area contributed by atoms with Crippen molar-refractivity contribution in [1.82, 2.24) is 15.0 Å². The summed E-state index contributed by atoms with van der Waals surface area (Å²) in [5, 5.41) is 0. The molecule has 0 bridgehead atoms. The Morgan fingerprint density at radius 1 is 0.214 bits per heavy atom. The van der Waals surface area contributed by atoms with Gasteiger partial charge in [0.25, 0.3) is 0 Å². The van der Waals surface area contributed by atoms with Gasteiger partial charge in [-0.05, 0) is 51.6 Å². The van der Waals surface area contributed by atoms with Crippen LogP contribution in [-0.4, -0.2) is 15.0 Å². The maximum Gasteiger partial charge on any atom is 0.164 e. The van der Waals surface area contributed by atoms with Crippen molar-refractivity contribution in [2.45, 2.75) is 0 Å². The smallest absolute Gasteiger partial charge is 0.164 e. The molecule has 42 heavy (non-hydrogen) atoms. The van der Waals surface area contributed by atoms with Crippen molar-refractivity contribution < 1.29 is 0 Å². The van der Waals surface area contributed by atoms with Gasteiger partial charge >= 0.3 is 0 Å². The van der Waals surface area contributed by atoms with Gasteiger partial charge in [0.15, 0.2) is 17.5 Å². The topological polar surface area (TPSA) is 38.7 Å². The summed E-state index contributed by atoms with van der Waals surface area (Å²) in [5.41, 5.74) is 9.89. The third-order valence-electron chi connectivity index (χ3n) is 7.32. The largest absolute Gasteiger partial charge is 0.208 e. The van der Waals surface area contributed by atoms with E-state index in [1.54, 1.807) is 0 Å². The lowest BCUT2D eigenvalue weighted by molar-refractivity contribution is 1.07. The van der Waals surface area contributed by atoms with Gasteiger partial charge in [0.2, 0.25) is 0 Å². The van der Waals surface area contributed by atoms with Crippen LogP contribution in [0.3, 0.4) is 0 Å². The van der Waals surface area contributed by atoms with Gasteiger partial charge in [0.1, 0.15) is 0 Å². The van der Waals surface area contributed by atoms with Crippen molar-refractivity contribution in [3.8, 4) is 67.5 Å². The van der Waals surface area contributed by atoms with Crippen LogP contribution in [0.25, 0.3) is 67.5 Å². The first-order valence-corrected chi connectivity index (χ1v) is 14.0. The van der Waals surface area contributed by atoms with E-state index in [4.69, 9.17) is 15.0 Å². The van der Waals surface area contributed by atoms with Gasteiger partial charge in [0, 0.05) is 16.7 Å². The van der Waals surface area contributed by atoms with E-state index < -0.39 is 0 Å². The molecule has 0 spiro atoms. The lowest BCUT2D eigenvalue weighted by Gasteiger charge is -2.11. The average Bonchev–Trinajstić information content (AvgIpc) is 3.09. The van der Waals surface area contributed by atoms with Crippen molar-refractivity contribution in [2.75, 3.05) is 0 Å². The Morgan fingerprint density at radius 2 is 0.476 bits per heavy atom.